The molecule has 9 nitrogen and oxygen atoms in total. The number of anilines is 1. The predicted octanol–water partition coefficient (Wildman–Crippen LogP) is 2.74. The molecule has 1 aliphatic rings. The van der Waals surface area contributed by atoms with Crippen LogP contribution in [-0.4, -0.2) is 39.3 Å². The van der Waals surface area contributed by atoms with Crippen molar-refractivity contribution in [2.24, 2.45) is 0 Å². The standard InChI is InChI=1S/C17H14ClN5O4S/c1-26-12-7-19-13(18)4-10(12)9-5-14(27-8-2-3-8)20-6-11(9)15(24)21-16-22-23-17(25)28-16/h4-8H,2-3H2,1H3,(H,23,25)(H,21,22,24). The van der Waals surface area contributed by atoms with E-state index in [9.17, 15) is 9.59 Å². The molecule has 0 radical (unpaired) electrons. The number of nitrogens with zero attached hydrogens (tertiary/aromatic N) is 3. The van der Waals surface area contributed by atoms with E-state index in [-0.39, 0.29) is 26.8 Å². The van der Waals surface area contributed by atoms with Gasteiger partial charge in [0.2, 0.25) is 11.0 Å². The third-order valence-electron chi connectivity index (χ3n) is 3.94. The van der Waals surface area contributed by atoms with Crippen LogP contribution in [0, 0.1) is 0 Å². The Balaban J connectivity index is 1.77. The SMILES string of the molecule is COc1cnc(Cl)cc1-c1cc(OC2CC2)ncc1C(=O)Nc1n[nH]c(=O)s1. The van der Waals surface area contributed by atoms with Crippen LogP contribution in [0.15, 0.2) is 29.3 Å². The second-order valence-corrected chi connectivity index (χ2v) is 7.31. The van der Waals surface area contributed by atoms with Gasteiger partial charge in [-0.05, 0) is 30.2 Å². The van der Waals surface area contributed by atoms with Gasteiger partial charge in [-0.1, -0.05) is 11.6 Å². The molecule has 0 spiro atoms. The zero-order valence-corrected chi connectivity index (χ0v) is 16.1. The lowest BCUT2D eigenvalue weighted by Crippen LogP contribution is -2.14. The van der Waals surface area contributed by atoms with Crippen molar-refractivity contribution in [3.63, 3.8) is 0 Å². The zero-order chi connectivity index (χ0) is 19.7. The van der Waals surface area contributed by atoms with Crippen molar-refractivity contribution >= 4 is 34.0 Å². The van der Waals surface area contributed by atoms with Crippen molar-refractivity contribution in [3.8, 4) is 22.8 Å². The van der Waals surface area contributed by atoms with Crippen LogP contribution in [0.1, 0.15) is 23.2 Å². The molecule has 3 aromatic rings. The van der Waals surface area contributed by atoms with E-state index in [2.05, 4.69) is 25.5 Å². The molecular weight excluding hydrogens is 406 g/mol. The van der Waals surface area contributed by atoms with Crippen LogP contribution in [0.2, 0.25) is 5.15 Å². The van der Waals surface area contributed by atoms with Crippen molar-refractivity contribution in [3.05, 3.63) is 44.9 Å². The molecule has 0 unspecified atom stereocenters. The first-order valence-electron chi connectivity index (χ1n) is 8.27. The third kappa shape index (κ3) is 3.97. The van der Waals surface area contributed by atoms with Crippen LogP contribution in [0.4, 0.5) is 5.13 Å². The summed E-state index contributed by atoms with van der Waals surface area (Å²) in [7, 11) is 1.50. The van der Waals surface area contributed by atoms with Crippen molar-refractivity contribution in [1.29, 1.82) is 0 Å². The second kappa shape index (κ2) is 7.56. The molecule has 1 fully saturated rings. The van der Waals surface area contributed by atoms with Crippen LogP contribution < -0.4 is 19.7 Å². The molecule has 28 heavy (non-hydrogen) atoms. The molecule has 0 saturated heterocycles. The lowest BCUT2D eigenvalue weighted by Gasteiger charge is -2.14. The fourth-order valence-corrected chi connectivity index (χ4v) is 3.16. The highest BCUT2D eigenvalue weighted by atomic mass is 35.5. The number of methoxy groups -OCH3 is 1. The van der Waals surface area contributed by atoms with Crippen molar-refractivity contribution in [1.82, 2.24) is 20.2 Å². The van der Waals surface area contributed by atoms with Crippen molar-refractivity contribution in [2.75, 3.05) is 12.4 Å². The summed E-state index contributed by atoms with van der Waals surface area (Å²) in [5.41, 5.74) is 1.31. The Kier molecular flexibility index (Phi) is 4.97. The Morgan fingerprint density at radius 1 is 1.29 bits per heavy atom. The van der Waals surface area contributed by atoms with Crippen LogP contribution in [0.3, 0.4) is 0 Å². The Morgan fingerprint density at radius 2 is 2.11 bits per heavy atom. The highest BCUT2D eigenvalue weighted by molar-refractivity contribution is 7.13. The molecule has 2 N–H and O–H groups in total. The minimum atomic E-state index is -0.488. The summed E-state index contributed by atoms with van der Waals surface area (Å²) in [4.78, 5) is 31.9. The maximum Gasteiger partial charge on any atom is 0.324 e. The topological polar surface area (TPSA) is 119 Å². The van der Waals surface area contributed by atoms with E-state index in [1.54, 1.807) is 12.1 Å². The molecule has 3 aromatic heterocycles. The number of rotatable bonds is 6. The Morgan fingerprint density at radius 3 is 2.79 bits per heavy atom. The zero-order valence-electron chi connectivity index (χ0n) is 14.6. The van der Waals surface area contributed by atoms with E-state index in [0.717, 1.165) is 24.2 Å². The van der Waals surface area contributed by atoms with Crippen molar-refractivity contribution in [2.45, 2.75) is 18.9 Å². The highest BCUT2D eigenvalue weighted by Gasteiger charge is 2.26. The summed E-state index contributed by atoms with van der Waals surface area (Å²) < 4.78 is 11.1. The minimum absolute atomic E-state index is 0.143. The van der Waals surface area contributed by atoms with Crippen LogP contribution >= 0.6 is 22.9 Å². The van der Waals surface area contributed by atoms with E-state index < -0.39 is 5.91 Å². The molecule has 1 saturated carbocycles. The number of amides is 1. The molecule has 1 aliphatic carbocycles. The van der Waals surface area contributed by atoms with Gasteiger partial charge in [0.05, 0.1) is 18.9 Å². The molecule has 144 valence electrons. The summed E-state index contributed by atoms with van der Waals surface area (Å²) in [5, 5.41) is 8.97. The number of carbonyl (C=O) groups excluding carboxylic acids is 1. The van der Waals surface area contributed by atoms with Crippen molar-refractivity contribution < 1.29 is 14.3 Å². The first-order valence-corrected chi connectivity index (χ1v) is 9.46. The van der Waals surface area contributed by atoms with E-state index in [1.807, 2.05) is 0 Å². The van der Waals surface area contributed by atoms with Gasteiger partial charge in [0.1, 0.15) is 17.0 Å². The summed E-state index contributed by atoms with van der Waals surface area (Å²) >= 11 is 6.85. The summed E-state index contributed by atoms with van der Waals surface area (Å²) in [5.74, 6) is 0.345. The van der Waals surface area contributed by atoms with Gasteiger partial charge in [0, 0.05) is 23.4 Å². The quantitative estimate of drug-likeness (QED) is 0.589. The number of nitrogens with one attached hydrogen (secondary N) is 2. The number of H-pyrrole nitrogens is 1. The summed E-state index contributed by atoms with van der Waals surface area (Å²) in [6.45, 7) is 0. The highest BCUT2D eigenvalue weighted by Crippen LogP contribution is 2.36. The molecule has 11 heteroatoms. The smallest absolute Gasteiger partial charge is 0.324 e. The van der Waals surface area contributed by atoms with Gasteiger partial charge in [-0.3, -0.25) is 14.9 Å². The first-order chi connectivity index (χ1) is 13.5. The lowest BCUT2D eigenvalue weighted by atomic mass is 10.0. The number of aromatic amines is 1. The molecule has 0 aliphatic heterocycles. The largest absolute Gasteiger partial charge is 0.494 e. The number of halogens is 1. The van der Waals surface area contributed by atoms with Gasteiger partial charge in [-0.15, -0.1) is 5.10 Å². The van der Waals surface area contributed by atoms with Gasteiger partial charge >= 0.3 is 4.87 Å². The van der Waals surface area contributed by atoms with E-state index in [0.29, 0.717) is 22.8 Å². The average Bonchev–Trinajstić information content (AvgIpc) is 3.41. The number of hydrogen-bond donors (Lipinski definition) is 2. The maximum absolute atomic E-state index is 12.8. The summed E-state index contributed by atoms with van der Waals surface area (Å²) in [6, 6.07) is 3.26. The van der Waals surface area contributed by atoms with Crippen LogP contribution in [0.5, 0.6) is 11.6 Å². The first kappa shape index (κ1) is 18.4. The van der Waals surface area contributed by atoms with Gasteiger partial charge in [-0.2, -0.15) is 0 Å². The Labute approximate surface area is 167 Å². The lowest BCUT2D eigenvalue weighted by molar-refractivity contribution is 0.102. The molecule has 0 aromatic carbocycles. The average molecular weight is 420 g/mol. The molecule has 0 bridgehead atoms. The molecular formula is C17H14ClN5O4S. The van der Waals surface area contributed by atoms with Gasteiger partial charge in [-0.25, -0.2) is 15.1 Å². The number of aromatic nitrogens is 4. The van der Waals surface area contributed by atoms with E-state index >= 15 is 0 Å². The van der Waals surface area contributed by atoms with Crippen LogP contribution in [0.25, 0.3) is 11.1 Å². The summed E-state index contributed by atoms with van der Waals surface area (Å²) in [6.07, 6.45) is 4.97. The monoisotopic (exact) mass is 419 g/mol. The number of carbonyl (C=O) groups is 1. The molecule has 0 atom stereocenters. The fourth-order valence-electron chi connectivity index (χ4n) is 2.50. The fraction of sp³-hybridized carbons (Fsp3) is 0.235. The van der Waals surface area contributed by atoms with Gasteiger partial charge in [0.15, 0.2) is 0 Å². The molecule has 4 rings (SSSR count). The molecule has 3 heterocycles. The Bertz CT molecular complexity index is 1100. The number of hydrogen-bond acceptors (Lipinski definition) is 8. The minimum Gasteiger partial charge on any atom is -0.494 e. The molecule has 1 amide bonds. The predicted molar refractivity (Wildman–Crippen MR) is 103 cm³/mol. The van der Waals surface area contributed by atoms with E-state index in [4.69, 9.17) is 21.1 Å². The van der Waals surface area contributed by atoms with Gasteiger partial charge in [0.25, 0.3) is 5.91 Å². The van der Waals surface area contributed by atoms with Crippen LogP contribution in [-0.2, 0) is 0 Å². The maximum atomic E-state index is 12.8. The second-order valence-electron chi connectivity index (χ2n) is 5.97. The normalized spacial score (nSPS) is 13.2. The van der Waals surface area contributed by atoms with Gasteiger partial charge < -0.3 is 9.47 Å². The number of ether oxygens (including phenoxy) is 2. The number of pyridine rings is 2. The van der Waals surface area contributed by atoms with E-state index in [1.165, 1.54) is 19.5 Å². The third-order valence-corrected chi connectivity index (χ3v) is 4.81. The Hall–Kier alpha value is -2.98.